The van der Waals surface area contributed by atoms with E-state index < -0.39 is 17.2 Å². The number of esters is 1. The molecule has 0 unspecified atom stereocenters. The average molecular weight is 344 g/mol. The minimum Gasteiger partial charge on any atom is -0.462 e. The third kappa shape index (κ3) is 3.30. The Kier molecular flexibility index (Phi) is 4.38. The lowest BCUT2D eigenvalue weighted by molar-refractivity contribution is -0.118. The van der Waals surface area contributed by atoms with Crippen LogP contribution in [0.4, 0.5) is 5.69 Å². The van der Waals surface area contributed by atoms with Gasteiger partial charge in [-0.05, 0) is 31.2 Å². The van der Waals surface area contributed by atoms with Gasteiger partial charge in [0.05, 0.1) is 25.5 Å². The monoisotopic (exact) mass is 344 g/mol. The summed E-state index contributed by atoms with van der Waals surface area (Å²) < 4.78 is 5.97. The lowest BCUT2D eigenvalue weighted by Gasteiger charge is -2.16. The number of nitrogens with zero attached hydrogens (tertiary/aromatic N) is 2. The van der Waals surface area contributed by atoms with Gasteiger partial charge in [0.25, 0.3) is 5.56 Å². The maximum absolute atomic E-state index is 12.0. The van der Waals surface area contributed by atoms with Crippen LogP contribution in [0.25, 0.3) is 5.69 Å². The molecular weight excluding hydrogens is 328 g/mol. The molecule has 0 saturated carbocycles. The van der Waals surface area contributed by atoms with Crippen molar-refractivity contribution in [3.63, 3.8) is 0 Å². The highest BCUT2D eigenvalue weighted by Crippen LogP contribution is 2.17. The summed E-state index contributed by atoms with van der Waals surface area (Å²) in [5.41, 5.74) is -0.430. The van der Waals surface area contributed by atoms with Crippen molar-refractivity contribution in [3.8, 4) is 5.69 Å². The number of amides is 1. The van der Waals surface area contributed by atoms with E-state index >= 15 is 0 Å². The van der Waals surface area contributed by atoms with Gasteiger partial charge in [-0.3, -0.25) is 19.1 Å². The third-order valence-electron chi connectivity index (χ3n) is 3.73. The van der Waals surface area contributed by atoms with Gasteiger partial charge in [0.1, 0.15) is 5.56 Å². The van der Waals surface area contributed by atoms with Crippen molar-refractivity contribution in [3.05, 3.63) is 56.9 Å². The highest BCUT2D eigenvalue weighted by Gasteiger charge is 2.19. The zero-order valence-electron chi connectivity index (χ0n) is 13.4. The summed E-state index contributed by atoms with van der Waals surface area (Å²) in [6.07, 6.45) is 1.16. The van der Waals surface area contributed by atoms with Crippen molar-refractivity contribution in [2.24, 2.45) is 0 Å². The molecule has 9 nitrogen and oxygen atoms in total. The molecule has 0 atom stereocenters. The van der Waals surface area contributed by atoms with Crippen molar-refractivity contribution in [2.45, 2.75) is 6.92 Å². The first-order valence-corrected chi connectivity index (χ1v) is 7.65. The Morgan fingerprint density at radius 1 is 1.16 bits per heavy atom. The van der Waals surface area contributed by atoms with Crippen LogP contribution in [0.3, 0.4) is 0 Å². The van der Waals surface area contributed by atoms with Crippen LogP contribution in [0.5, 0.6) is 0 Å². The van der Waals surface area contributed by atoms with Crippen LogP contribution < -0.4 is 21.5 Å². The number of H-pyrrole nitrogens is 1. The van der Waals surface area contributed by atoms with E-state index in [0.717, 1.165) is 16.5 Å². The van der Waals surface area contributed by atoms with Crippen LogP contribution in [-0.4, -0.2) is 41.2 Å². The minimum absolute atomic E-state index is 0.0555. The SMILES string of the molecule is CCOC(=O)c1cn(-c2ccc(N3CNC(=O)C3)cc2)c(=O)[nH]c1=O. The summed E-state index contributed by atoms with van der Waals surface area (Å²) in [6.45, 7) is 2.43. The lowest BCUT2D eigenvalue weighted by atomic mass is 10.2. The molecule has 130 valence electrons. The summed E-state index contributed by atoms with van der Waals surface area (Å²) in [6, 6.07) is 6.81. The fraction of sp³-hybridized carbons (Fsp3) is 0.250. The molecule has 3 rings (SSSR count). The Morgan fingerprint density at radius 2 is 1.84 bits per heavy atom. The summed E-state index contributed by atoms with van der Waals surface area (Å²) in [7, 11) is 0. The number of carbonyl (C=O) groups is 2. The molecule has 1 saturated heterocycles. The number of ether oxygens (including phenoxy) is 1. The third-order valence-corrected chi connectivity index (χ3v) is 3.73. The molecule has 1 aromatic carbocycles. The number of nitrogens with one attached hydrogen (secondary N) is 2. The number of aromatic nitrogens is 2. The molecule has 25 heavy (non-hydrogen) atoms. The number of anilines is 1. The van der Waals surface area contributed by atoms with E-state index in [2.05, 4.69) is 10.3 Å². The van der Waals surface area contributed by atoms with E-state index in [1.54, 1.807) is 31.2 Å². The molecule has 1 aliphatic rings. The minimum atomic E-state index is -0.796. The van der Waals surface area contributed by atoms with Gasteiger partial charge in [-0.2, -0.15) is 0 Å². The number of carbonyl (C=O) groups excluding carboxylic acids is 2. The molecule has 2 heterocycles. The number of hydrogen-bond acceptors (Lipinski definition) is 6. The van der Waals surface area contributed by atoms with Gasteiger partial charge < -0.3 is 15.0 Å². The van der Waals surface area contributed by atoms with Gasteiger partial charge in [-0.25, -0.2) is 9.59 Å². The van der Waals surface area contributed by atoms with Crippen molar-refractivity contribution >= 4 is 17.6 Å². The Labute approximate surface area is 141 Å². The second-order valence-electron chi connectivity index (χ2n) is 5.36. The van der Waals surface area contributed by atoms with Gasteiger partial charge in [0.15, 0.2) is 0 Å². The molecule has 1 amide bonds. The van der Waals surface area contributed by atoms with Crippen LogP contribution >= 0.6 is 0 Å². The van der Waals surface area contributed by atoms with Gasteiger partial charge >= 0.3 is 11.7 Å². The van der Waals surface area contributed by atoms with E-state index in [0.29, 0.717) is 12.4 Å². The topological polar surface area (TPSA) is 114 Å². The Bertz CT molecular complexity index is 929. The van der Waals surface area contributed by atoms with E-state index in [4.69, 9.17) is 4.74 Å². The Morgan fingerprint density at radius 3 is 2.44 bits per heavy atom. The second kappa shape index (κ2) is 6.63. The molecule has 0 spiro atoms. The van der Waals surface area contributed by atoms with Crippen LogP contribution in [-0.2, 0) is 9.53 Å². The fourth-order valence-corrected chi connectivity index (χ4v) is 2.49. The molecule has 0 radical (unpaired) electrons. The molecule has 1 fully saturated rings. The summed E-state index contributed by atoms with van der Waals surface area (Å²) in [5.74, 6) is -0.851. The quantitative estimate of drug-likeness (QED) is 0.730. The second-order valence-corrected chi connectivity index (χ2v) is 5.36. The number of aromatic amines is 1. The standard InChI is InChI=1S/C16H16N4O5/c1-2-25-15(23)12-7-20(16(24)18-14(12)22)11-5-3-10(4-6-11)19-8-13(21)17-9-19/h3-7H,2,8-9H2,1H3,(H,17,21)(H,18,22,24). The van der Waals surface area contributed by atoms with Gasteiger partial charge in [0, 0.05) is 11.9 Å². The predicted octanol–water partition coefficient (Wildman–Crippen LogP) is -0.404. The van der Waals surface area contributed by atoms with Crippen LogP contribution in [0.15, 0.2) is 40.1 Å². The predicted molar refractivity (Wildman–Crippen MR) is 89.0 cm³/mol. The fourth-order valence-electron chi connectivity index (χ4n) is 2.49. The van der Waals surface area contributed by atoms with Crippen molar-refractivity contribution in [2.75, 3.05) is 24.7 Å². The Balaban J connectivity index is 1.94. The van der Waals surface area contributed by atoms with E-state index in [9.17, 15) is 19.2 Å². The molecule has 0 bridgehead atoms. The van der Waals surface area contributed by atoms with Gasteiger partial charge in [-0.1, -0.05) is 0 Å². The van der Waals surface area contributed by atoms with Crippen LogP contribution in [0.1, 0.15) is 17.3 Å². The van der Waals surface area contributed by atoms with Crippen molar-refractivity contribution in [1.29, 1.82) is 0 Å². The molecular formula is C16H16N4O5. The maximum Gasteiger partial charge on any atom is 0.345 e. The first-order chi connectivity index (χ1) is 12.0. The van der Waals surface area contributed by atoms with E-state index in [-0.39, 0.29) is 24.6 Å². The maximum atomic E-state index is 12.0. The molecule has 2 N–H and O–H groups in total. The van der Waals surface area contributed by atoms with Gasteiger partial charge in [-0.15, -0.1) is 0 Å². The molecule has 0 aliphatic carbocycles. The normalized spacial score (nSPS) is 13.6. The first kappa shape index (κ1) is 16.5. The average Bonchev–Trinajstić information content (AvgIpc) is 3.02. The van der Waals surface area contributed by atoms with Crippen LogP contribution in [0.2, 0.25) is 0 Å². The molecule has 1 aromatic heterocycles. The van der Waals surface area contributed by atoms with Crippen molar-refractivity contribution in [1.82, 2.24) is 14.9 Å². The number of benzene rings is 1. The van der Waals surface area contributed by atoms with Crippen LogP contribution in [0, 0.1) is 0 Å². The number of hydrogen-bond donors (Lipinski definition) is 2. The largest absolute Gasteiger partial charge is 0.462 e. The van der Waals surface area contributed by atoms with E-state index in [1.807, 2.05) is 4.90 Å². The zero-order valence-corrected chi connectivity index (χ0v) is 13.4. The van der Waals surface area contributed by atoms with Gasteiger partial charge in [0.2, 0.25) is 5.91 Å². The first-order valence-electron chi connectivity index (χ1n) is 7.65. The number of rotatable bonds is 4. The highest BCUT2D eigenvalue weighted by molar-refractivity contribution is 5.88. The smallest absolute Gasteiger partial charge is 0.345 e. The van der Waals surface area contributed by atoms with Crippen molar-refractivity contribution < 1.29 is 14.3 Å². The summed E-state index contributed by atoms with van der Waals surface area (Å²) in [5, 5.41) is 2.70. The summed E-state index contributed by atoms with van der Waals surface area (Å²) in [4.78, 5) is 50.9. The highest BCUT2D eigenvalue weighted by atomic mass is 16.5. The molecule has 2 aromatic rings. The zero-order chi connectivity index (χ0) is 18.0. The Hall–Kier alpha value is -3.36. The molecule has 1 aliphatic heterocycles. The molecule has 9 heteroatoms. The lowest BCUT2D eigenvalue weighted by Crippen LogP contribution is -2.33. The van der Waals surface area contributed by atoms with E-state index in [1.165, 1.54) is 0 Å². The summed E-state index contributed by atoms with van der Waals surface area (Å²) >= 11 is 0.